The number of benzene rings is 1. The van der Waals surface area contributed by atoms with E-state index in [1.54, 1.807) is 42.5 Å². The zero-order valence-corrected chi connectivity index (χ0v) is 11.8. The van der Waals surface area contributed by atoms with Crippen LogP contribution in [0.25, 0.3) is 0 Å². The second-order valence-electron chi connectivity index (χ2n) is 5.11. The molecule has 0 fully saturated rings. The van der Waals surface area contributed by atoms with E-state index < -0.39 is 17.9 Å². The van der Waals surface area contributed by atoms with Crippen LogP contribution in [0, 0.1) is 11.7 Å². The van der Waals surface area contributed by atoms with Crippen molar-refractivity contribution in [3.05, 3.63) is 60.2 Å². The third-order valence-electron chi connectivity index (χ3n) is 3.68. The molecule has 3 rings (SSSR count). The van der Waals surface area contributed by atoms with Gasteiger partial charge in [-0.2, -0.15) is 5.10 Å². The van der Waals surface area contributed by atoms with Gasteiger partial charge in [-0.3, -0.25) is 14.8 Å². The summed E-state index contributed by atoms with van der Waals surface area (Å²) in [7, 11) is 0. The van der Waals surface area contributed by atoms with Crippen molar-refractivity contribution in [3.63, 3.8) is 0 Å². The number of carbonyl (C=O) groups is 1. The Bertz CT molecular complexity index is 716. The quantitative estimate of drug-likeness (QED) is 0.946. The summed E-state index contributed by atoms with van der Waals surface area (Å²) in [5.41, 5.74) is 1.89. The number of hydrazone groups is 1. The second kappa shape index (κ2) is 5.55. The van der Waals surface area contributed by atoms with E-state index in [9.17, 15) is 14.3 Å². The predicted molar refractivity (Wildman–Crippen MR) is 80.1 cm³/mol. The maximum absolute atomic E-state index is 13.1. The van der Waals surface area contributed by atoms with Gasteiger partial charge in [0.05, 0.1) is 17.4 Å². The van der Waals surface area contributed by atoms with Gasteiger partial charge in [0.15, 0.2) is 0 Å². The first-order valence-corrected chi connectivity index (χ1v) is 6.80. The van der Waals surface area contributed by atoms with Crippen LogP contribution < -0.4 is 5.01 Å². The van der Waals surface area contributed by atoms with E-state index in [1.165, 1.54) is 12.1 Å². The Morgan fingerprint density at radius 2 is 2.00 bits per heavy atom. The van der Waals surface area contributed by atoms with Crippen LogP contribution in [-0.2, 0) is 4.79 Å². The molecule has 0 spiro atoms. The van der Waals surface area contributed by atoms with Gasteiger partial charge in [0.1, 0.15) is 11.7 Å². The van der Waals surface area contributed by atoms with Crippen molar-refractivity contribution in [2.75, 3.05) is 5.01 Å². The Balaban J connectivity index is 2.07. The highest BCUT2D eigenvalue weighted by Crippen LogP contribution is 2.38. The minimum absolute atomic E-state index is 0.351. The van der Waals surface area contributed by atoms with Crippen molar-refractivity contribution in [1.82, 2.24) is 4.98 Å². The van der Waals surface area contributed by atoms with Crippen LogP contribution in [0.2, 0.25) is 0 Å². The summed E-state index contributed by atoms with van der Waals surface area (Å²) in [5.74, 6) is -2.06. The smallest absolute Gasteiger partial charge is 0.314 e. The number of aliphatic carboxylic acids is 1. The number of carboxylic acids is 1. The lowest BCUT2D eigenvalue weighted by Crippen LogP contribution is -2.30. The van der Waals surface area contributed by atoms with Gasteiger partial charge in [-0.1, -0.05) is 6.07 Å². The van der Waals surface area contributed by atoms with E-state index in [0.717, 1.165) is 5.56 Å². The van der Waals surface area contributed by atoms with Crippen LogP contribution in [-0.4, -0.2) is 21.8 Å². The minimum Gasteiger partial charge on any atom is -0.481 e. The van der Waals surface area contributed by atoms with Crippen LogP contribution in [0.15, 0.2) is 53.9 Å². The molecule has 22 heavy (non-hydrogen) atoms. The number of carboxylic acid groups (broad SMARTS) is 1. The fraction of sp³-hybridized carbons (Fsp3) is 0.188. The van der Waals surface area contributed by atoms with Gasteiger partial charge in [-0.15, -0.1) is 0 Å². The molecule has 6 heteroatoms. The summed E-state index contributed by atoms with van der Waals surface area (Å²) in [4.78, 5) is 15.7. The predicted octanol–water partition coefficient (Wildman–Crippen LogP) is 2.86. The second-order valence-corrected chi connectivity index (χ2v) is 5.11. The molecule has 1 aromatic carbocycles. The largest absolute Gasteiger partial charge is 0.481 e. The van der Waals surface area contributed by atoms with E-state index in [2.05, 4.69) is 10.1 Å². The molecular weight excluding hydrogens is 285 g/mol. The van der Waals surface area contributed by atoms with E-state index in [-0.39, 0.29) is 5.82 Å². The zero-order chi connectivity index (χ0) is 15.7. The molecule has 0 amide bonds. The summed E-state index contributed by atoms with van der Waals surface area (Å²) in [6.45, 7) is 1.69. The number of hydrogen-bond donors (Lipinski definition) is 1. The van der Waals surface area contributed by atoms with E-state index in [1.807, 2.05) is 6.07 Å². The highest BCUT2D eigenvalue weighted by Gasteiger charge is 2.42. The van der Waals surface area contributed by atoms with Gasteiger partial charge in [-0.05, 0) is 42.8 Å². The van der Waals surface area contributed by atoms with Crippen molar-refractivity contribution in [2.45, 2.75) is 13.0 Å². The minimum atomic E-state index is -0.945. The zero-order valence-electron chi connectivity index (χ0n) is 11.8. The molecule has 2 unspecified atom stereocenters. The lowest BCUT2D eigenvalue weighted by atomic mass is 9.91. The molecule has 0 saturated heterocycles. The normalized spacial score (nSPS) is 20.8. The molecule has 1 aromatic heterocycles. The SMILES string of the molecule is CC1=NN(c2ccc(F)cc2)C(c2cccnc2)C1C(=O)O. The lowest BCUT2D eigenvalue weighted by Gasteiger charge is -2.26. The highest BCUT2D eigenvalue weighted by atomic mass is 19.1. The molecule has 0 aliphatic carbocycles. The van der Waals surface area contributed by atoms with Crippen LogP contribution in [0.3, 0.4) is 0 Å². The van der Waals surface area contributed by atoms with Crippen molar-refractivity contribution in [3.8, 4) is 0 Å². The number of aromatic nitrogens is 1. The Hall–Kier alpha value is -2.76. The topological polar surface area (TPSA) is 65.8 Å². The van der Waals surface area contributed by atoms with E-state index in [0.29, 0.717) is 11.4 Å². The summed E-state index contributed by atoms with van der Waals surface area (Å²) in [6, 6.07) is 8.89. The third kappa shape index (κ3) is 2.43. The van der Waals surface area contributed by atoms with E-state index in [4.69, 9.17) is 0 Å². The molecule has 5 nitrogen and oxygen atoms in total. The molecule has 0 bridgehead atoms. The molecule has 2 heterocycles. The van der Waals surface area contributed by atoms with Crippen LogP contribution in [0.4, 0.5) is 10.1 Å². The molecule has 1 aliphatic heterocycles. The van der Waals surface area contributed by atoms with Crippen molar-refractivity contribution in [2.24, 2.45) is 11.0 Å². The molecule has 1 aliphatic rings. The number of halogens is 1. The molecule has 2 aromatic rings. The van der Waals surface area contributed by atoms with Crippen molar-refractivity contribution < 1.29 is 14.3 Å². The number of rotatable bonds is 3. The Kier molecular flexibility index (Phi) is 3.58. The maximum Gasteiger partial charge on any atom is 0.314 e. The number of pyridine rings is 1. The summed E-state index contributed by atoms with van der Waals surface area (Å²) < 4.78 is 13.1. The first-order valence-electron chi connectivity index (χ1n) is 6.80. The van der Waals surface area contributed by atoms with Gasteiger partial charge < -0.3 is 5.11 Å². The maximum atomic E-state index is 13.1. The molecule has 0 radical (unpaired) electrons. The fourth-order valence-corrected chi connectivity index (χ4v) is 2.67. The van der Waals surface area contributed by atoms with Crippen molar-refractivity contribution in [1.29, 1.82) is 0 Å². The molecule has 2 atom stereocenters. The third-order valence-corrected chi connectivity index (χ3v) is 3.68. The van der Waals surface area contributed by atoms with Gasteiger partial charge >= 0.3 is 5.97 Å². The van der Waals surface area contributed by atoms with Crippen molar-refractivity contribution >= 4 is 17.4 Å². The Labute approximate surface area is 126 Å². The summed E-state index contributed by atoms with van der Waals surface area (Å²) in [5, 5.41) is 15.5. The monoisotopic (exact) mass is 299 g/mol. The van der Waals surface area contributed by atoms with E-state index >= 15 is 0 Å². The molecule has 0 saturated carbocycles. The average Bonchev–Trinajstić information content (AvgIpc) is 2.86. The number of nitrogens with zero attached hydrogens (tertiary/aromatic N) is 3. The number of anilines is 1. The number of hydrogen-bond acceptors (Lipinski definition) is 4. The molecular formula is C16H14FN3O2. The van der Waals surface area contributed by atoms with Gasteiger partial charge in [-0.25, -0.2) is 4.39 Å². The van der Waals surface area contributed by atoms with Crippen LogP contribution in [0.1, 0.15) is 18.5 Å². The van der Waals surface area contributed by atoms with Crippen LogP contribution in [0.5, 0.6) is 0 Å². The Morgan fingerprint density at radius 1 is 1.27 bits per heavy atom. The molecule has 1 N–H and O–H groups in total. The van der Waals surface area contributed by atoms with Crippen LogP contribution >= 0.6 is 0 Å². The fourth-order valence-electron chi connectivity index (χ4n) is 2.67. The summed E-state index contributed by atoms with van der Waals surface area (Å²) in [6.07, 6.45) is 3.26. The highest BCUT2D eigenvalue weighted by molar-refractivity contribution is 6.03. The first-order chi connectivity index (χ1) is 10.6. The standard InChI is InChI=1S/C16H14FN3O2/c1-10-14(16(21)22)15(11-3-2-8-18-9-11)20(19-10)13-6-4-12(17)5-7-13/h2-9,14-15H,1H3,(H,21,22). The van der Waals surface area contributed by atoms with Gasteiger partial charge in [0.25, 0.3) is 0 Å². The summed E-state index contributed by atoms with van der Waals surface area (Å²) >= 11 is 0. The average molecular weight is 299 g/mol. The Morgan fingerprint density at radius 3 is 2.59 bits per heavy atom. The van der Waals surface area contributed by atoms with Gasteiger partial charge in [0, 0.05) is 12.4 Å². The lowest BCUT2D eigenvalue weighted by molar-refractivity contribution is -0.139. The first kappa shape index (κ1) is 14.2. The molecule has 112 valence electrons. The van der Waals surface area contributed by atoms with Gasteiger partial charge in [0.2, 0.25) is 0 Å².